The van der Waals surface area contributed by atoms with Crippen molar-refractivity contribution in [3.05, 3.63) is 100 Å². The van der Waals surface area contributed by atoms with E-state index in [2.05, 4.69) is 15.1 Å². The van der Waals surface area contributed by atoms with E-state index in [-0.39, 0.29) is 11.4 Å². The number of carbonyl (C=O) groups excluding carboxylic acids is 1. The van der Waals surface area contributed by atoms with Crippen LogP contribution in [-0.2, 0) is 11.4 Å². The second-order valence-corrected chi connectivity index (χ2v) is 8.48. The first-order valence-electron chi connectivity index (χ1n) is 9.95. The van der Waals surface area contributed by atoms with Crippen LogP contribution in [0.1, 0.15) is 16.7 Å². The Labute approximate surface area is 199 Å². The molecule has 3 aromatic rings. The highest BCUT2D eigenvalue weighted by atomic mass is 35.5. The van der Waals surface area contributed by atoms with Gasteiger partial charge in [0, 0.05) is 28.5 Å². The molecule has 2 aliphatic rings. The number of hydrogen-bond acceptors (Lipinski definition) is 6. The maximum Gasteiger partial charge on any atom is 0.283 e. The third-order valence-corrected chi connectivity index (χ3v) is 6.23. The summed E-state index contributed by atoms with van der Waals surface area (Å²) < 4.78 is 5.80. The number of rotatable bonds is 5. The Morgan fingerprint density at radius 3 is 2.67 bits per heavy atom. The van der Waals surface area contributed by atoms with Gasteiger partial charge in [0.2, 0.25) is 5.17 Å². The molecule has 1 aromatic heterocycles. The molecule has 5 rings (SSSR count). The van der Waals surface area contributed by atoms with Gasteiger partial charge in [-0.3, -0.25) is 15.2 Å². The smallest absolute Gasteiger partial charge is 0.283 e. The van der Waals surface area contributed by atoms with E-state index >= 15 is 0 Å². The van der Waals surface area contributed by atoms with Crippen LogP contribution in [0.25, 0.3) is 6.08 Å². The Hall–Kier alpha value is -3.75. The van der Waals surface area contributed by atoms with Crippen molar-refractivity contribution in [2.75, 3.05) is 0 Å². The average molecular weight is 474 g/mol. The Morgan fingerprint density at radius 1 is 1.09 bits per heavy atom. The topological polar surface area (TPSA) is 91.0 Å². The van der Waals surface area contributed by atoms with Crippen molar-refractivity contribution in [2.24, 2.45) is 10.1 Å². The lowest BCUT2D eigenvalue weighted by Gasteiger charge is -2.20. The number of nitrogens with zero attached hydrogens (tertiary/aromatic N) is 4. The molecule has 1 N–H and O–H groups in total. The van der Waals surface area contributed by atoms with Crippen molar-refractivity contribution in [1.82, 2.24) is 9.99 Å². The molecule has 2 aromatic carbocycles. The highest BCUT2D eigenvalue weighted by Gasteiger charge is 2.36. The molecule has 0 unspecified atom stereocenters. The minimum Gasteiger partial charge on any atom is -0.489 e. The number of benzene rings is 2. The van der Waals surface area contributed by atoms with Crippen LogP contribution in [-0.4, -0.2) is 31.9 Å². The molecule has 0 aliphatic carbocycles. The molecule has 9 heteroatoms. The summed E-state index contributed by atoms with van der Waals surface area (Å²) >= 11 is 7.41. The zero-order chi connectivity index (χ0) is 22.8. The third-order valence-electron chi connectivity index (χ3n) is 4.91. The second kappa shape index (κ2) is 9.01. The van der Waals surface area contributed by atoms with Crippen LogP contribution in [0.15, 0.2) is 88.7 Å². The minimum absolute atomic E-state index is 0.0181. The lowest BCUT2D eigenvalue weighted by Crippen LogP contribution is -2.35. The summed E-state index contributed by atoms with van der Waals surface area (Å²) in [5.41, 5.74) is 2.61. The Morgan fingerprint density at radius 2 is 1.91 bits per heavy atom. The van der Waals surface area contributed by atoms with E-state index < -0.39 is 5.91 Å². The van der Waals surface area contributed by atoms with E-state index in [0.717, 1.165) is 16.7 Å². The number of thioether (sulfide) groups is 1. The Kier molecular flexibility index (Phi) is 5.77. The Bertz CT molecular complexity index is 1340. The molecule has 1 amide bonds. The van der Waals surface area contributed by atoms with E-state index in [0.29, 0.717) is 27.6 Å². The predicted molar refractivity (Wildman–Crippen MR) is 131 cm³/mol. The number of halogens is 1. The van der Waals surface area contributed by atoms with Crippen LogP contribution < -0.4 is 4.74 Å². The number of amides is 1. The maximum absolute atomic E-state index is 12.6. The van der Waals surface area contributed by atoms with E-state index in [4.69, 9.17) is 21.7 Å². The molecule has 0 spiro atoms. The number of aliphatic imine (C=N–C) groups is 1. The van der Waals surface area contributed by atoms with Crippen molar-refractivity contribution in [2.45, 2.75) is 6.61 Å². The molecule has 0 atom stereocenters. The van der Waals surface area contributed by atoms with Crippen molar-refractivity contribution in [3.63, 3.8) is 0 Å². The molecular formula is C24H16ClN5O2S. The number of pyridine rings is 1. The monoisotopic (exact) mass is 473 g/mol. The second-order valence-electron chi connectivity index (χ2n) is 7.12. The van der Waals surface area contributed by atoms with Crippen LogP contribution in [0.3, 0.4) is 0 Å². The molecule has 2 aliphatic heterocycles. The maximum atomic E-state index is 12.6. The fourth-order valence-corrected chi connectivity index (χ4v) is 4.27. The number of nitrogens with one attached hydrogen (secondary N) is 1. The third kappa shape index (κ3) is 4.44. The normalized spacial score (nSPS) is 16.5. The number of fused-ring (bicyclic) bond motifs is 1. The van der Waals surface area contributed by atoms with Gasteiger partial charge in [-0.15, -0.1) is 0 Å². The van der Waals surface area contributed by atoms with Crippen LogP contribution >= 0.6 is 23.4 Å². The van der Waals surface area contributed by atoms with Gasteiger partial charge in [0.1, 0.15) is 17.4 Å². The molecule has 0 radical (unpaired) electrons. The number of ether oxygens (including phenoxy) is 1. The number of amidine groups is 2. The first-order valence-corrected chi connectivity index (χ1v) is 11.1. The summed E-state index contributed by atoms with van der Waals surface area (Å²) in [6.45, 7) is 0.352. The largest absolute Gasteiger partial charge is 0.489 e. The minimum atomic E-state index is -0.472. The van der Waals surface area contributed by atoms with Gasteiger partial charge < -0.3 is 4.74 Å². The molecule has 3 heterocycles. The molecule has 0 saturated heterocycles. The van der Waals surface area contributed by atoms with E-state index in [1.54, 1.807) is 36.7 Å². The van der Waals surface area contributed by atoms with Crippen molar-refractivity contribution < 1.29 is 9.53 Å². The van der Waals surface area contributed by atoms with E-state index in [1.165, 1.54) is 16.8 Å². The molecule has 0 bridgehead atoms. The zero-order valence-corrected chi connectivity index (χ0v) is 18.7. The highest BCUT2D eigenvalue weighted by molar-refractivity contribution is 8.27. The predicted octanol–water partition coefficient (Wildman–Crippen LogP) is 4.98. The molecule has 0 fully saturated rings. The summed E-state index contributed by atoms with van der Waals surface area (Å²) in [5, 5.41) is 16.0. The number of carbonyl (C=O) groups is 1. The van der Waals surface area contributed by atoms with E-state index in [1.807, 2.05) is 42.5 Å². The van der Waals surface area contributed by atoms with Crippen LogP contribution in [0.4, 0.5) is 0 Å². The fourth-order valence-electron chi connectivity index (χ4n) is 3.20. The van der Waals surface area contributed by atoms with E-state index in [9.17, 15) is 4.79 Å². The zero-order valence-electron chi connectivity index (χ0n) is 17.1. The van der Waals surface area contributed by atoms with Gasteiger partial charge in [-0.25, -0.2) is 0 Å². The van der Waals surface area contributed by atoms with Crippen LogP contribution in [0.5, 0.6) is 5.75 Å². The molecule has 7 nitrogen and oxygen atoms in total. The molecule has 33 heavy (non-hydrogen) atoms. The highest BCUT2D eigenvalue weighted by Crippen LogP contribution is 2.30. The van der Waals surface area contributed by atoms with Gasteiger partial charge in [0.05, 0.1) is 5.57 Å². The van der Waals surface area contributed by atoms with Crippen molar-refractivity contribution in [3.8, 4) is 5.75 Å². The van der Waals surface area contributed by atoms with Gasteiger partial charge in [-0.2, -0.15) is 15.1 Å². The first-order chi connectivity index (χ1) is 16.1. The quantitative estimate of drug-likeness (QED) is 0.527. The van der Waals surface area contributed by atoms with Gasteiger partial charge in [-0.05, 0) is 53.7 Å². The summed E-state index contributed by atoms with van der Waals surface area (Å²) in [4.78, 5) is 20.8. The lowest BCUT2D eigenvalue weighted by molar-refractivity contribution is -0.114. The standard InChI is InChI=1S/C24H16ClN5O2S/c25-20-6-2-1-4-17(20)14-32-18-9-7-15(8-10-18)12-19-21(26)30-24(28-22(19)31)33-23(29-30)16-5-3-11-27-13-16/h1-13,26H,14H2. The Balaban J connectivity index is 1.32. The summed E-state index contributed by atoms with van der Waals surface area (Å²) in [7, 11) is 0. The molecule has 0 saturated carbocycles. The van der Waals surface area contributed by atoms with Gasteiger partial charge in [0.15, 0.2) is 5.84 Å². The van der Waals surface area contributed by atoms with Gasteiger partial charge >= 0.3 is 0 Å². The van der Waals surface area contributed by atoms with Gasteiger partial charge in [-0.1, -0.05) is 41.9 Å². The average Bonchev–Trinajstić information content (AvgIpc) is 3.27. The number of hydrazone groups is 1. The fraction of sp³-hybridized carbons (Fsp3) is 0.0417. The SMILES string of the molecule is N=C1C(=Cc2ccc(OCc3ccccc3Cl)cc2)C(=O)N=C2SC(c3cccnc3)=NN12. The summed E-state index contributed by atoms with van der Waals surface area (Å²) in [6, 6.07) is 18.4. The van der Waals surface area contributed by atoms with Gasteiger partial charge in [0.25, 0.3) is 5.91 Å². The molecule has 162 valence electrons. The lowest BCUT2D eigenvalue weighted by atomic mass is 10.1. The molecular weight excluding hydrogens is 458 g/mol. The number of aromatic nitrogens is 1. The summed E-state index contributed by atoms with van der Waals surface area (Å²) in [5.74, 6) is 0.181. The summed E-state index contributed by atoms with van der Waals surface area (Å²) in [6.07, 6.45) is 4.99. The van der Waals surface area contributed by atoms with Crippen molar-refractivity contribution in [1.29, 1.82) is 5.41 Å². The number of hydrogen-bond donors (Lipinski definition) is 1. The van der Waals surface area contributed by atoms with Crippen molar-refractivity contribution >= 4 is 51.4 Å². The van der Waals surface area contributed by atoms with Crippen LogP contribution in [0.2, 0.25) is 5.02 Å². The first kappa shape index (κ1) is 21.1. The van der Waals surface area contributed by atoms with Crippen LogP contribution in [0, 0.1) is 5.41 Å².